The molecule has 1 N–H and O–H groups in total. The van der Waals surface area contributed by atoms with Crippen LogP contribution in [0.25, 0.3) is 0 Å². The van der Waals surface area contributed by atoms with Gasteiger partial charge in [0, 0.05) is 6.54 Å². The zero-order chi connectivity index (χ0) is 13.8. The third kappa shape index (κ3) is 3.32. The van der Waals surface area contributed by atoms with Crippen LogP contribution in [0.4, 0.5) is 4.79 Å². The minimum absolute atomic E-state index is 0.0805. The Morgan fingerprint density at radius 3 is 2.79 bits per heavy atom. The number of carbonyl (C=O) groups is 2. The number of hydrogen-bond acceptors (Lipinski definition) is 4. The summed E-state index contributed by atoms with van der Waals surface area (Å²) in [5.74, 6) is -0.492. The Balaban J connectivity index is 1.94. The van der Waals surface area contributed by atoms with Gasteiger partial charge in [-0.3, -0.25) is 4.79 Å². The van der Waals surface area contributed by atoms with Crippen LogP contribution in [0, 0.1) is 5.92 Å². The number of carbonyl (C=O) groups excluding carboxylic acids is 2. The smallest absolute Gasteiger partial charge is 0.416 e. The van der Waals surface area contributed by atoms with E-state index in [1.807, 2.05) is 37.3 Å². The number of ether oxygens (including phenoxy) is 1. The molecule has 0 bridgehead atoms. The van der Waals surface area contributed by atoms with Gasteiger partial charge in [-0.15, -0.1) is 0 Å². The van der Waals surface area contributed by atoms with Crippen LogP contribution in [-0.4, -0.2) is 34.7 Å². The Morgan fingerprint density at radius 1 is 1.42 bits per heavy atom. The van der Waals surface area contributed by atoms with Gasteiger partial charge < -0.3 is 9.84 Å². The van der Waals surface area contributed by atoms with E-state index in [1.54, 1.807) is 0 Å². The first-order valence-electron chi connectivity index (χ1n) is 6.28. The molecule has 1 heterocycles. The summed E-state index contributed by atoms with van der Waals surface area (Å²) >= 11 is 0. The summed E-state index contributed by atoms with van der Waals surface area (Å²) in [5.41, 5.74) is 0.855. The lowest BCUT2D eigenvalue weighted by molar-refractivity contribution is -0.143. The molecule has 2 atom stereocenters. The fourth-order valence-electron chi connectivity index (χ4n) is 2.10. The van der Waals surface area contributed by atoms with Crippen LogP contribution in [0.5, 0.6) is 0 Å². The average molecular weight is 263 g/mol. The number of amides is 2. The van der Waals surface area contributed by atoms with Gasteiger partial charge in [-0.25, -0.2) is 9.69 Å². The molecule has 1 aromatic carbocycles. The number of piperidine rings is 1. The summed E-state index contributed by atoms with van der Waals surface area (Å²) < 4.78 is 5.09. The molecule has 1 aliphatic heterocycles. The molecular weight excluding hydrogens is 246 g/mol. The van der Waals surface area contributed by atoms with Crippen molar-refractivity contribution in [2.24, 2.45) is 5.92 Å². The van der Waals surface area contributed by atoms with Crippen molar-refractivity contribution in [2.45, 2.75) is 26.1 Å². The second-order valence-electron chi connectivity index (χ2n) is 4.85. The lowest BCUT2D eigenvalue weighted by Gasteiger charge is -2.31. The van der Waals surface area contributed by atoms with E-state index in [1.165, 1.54) is 0 Å². The summed E-state index contributed by atoms with van der Waals surface area (Å²) in [6.07, 6.45) is -1.41. The number of aliphatic hydroxyl groups excluding tert-OH is 1. The molecule has 2 amide bonds. The highest BCUT2D eigenvalue weighted by atomic mass is 16.6. The molecule has 0 unspecified atom stereocenters. The molecule has 2 rings (SSSR count). The number of imide groups is 1. The van der Waals surface area contributed by atoms with Gasteiger partial charge >= 0.3 is 6.09 Å². The van der Waals surface area contributed by atoms with E-state index < -0.39 is 18.1 Å². The maximum atomic E-state index is 11.8. The molecule has 1 aromatic rings. The quantitative estimate of drug-likeness (QED) is 0.879. The van der Waals surface area contributed by atoms with Crippen molar-refractivity contribution < 1.29 is 19.4 Å². The predicted octanol–water partition coefficient (Wildman–Crippen LogP) is 1.55. The average Bonchev–Trinajstić information content (AvgIpc) is 2.41. The van der Waals surface area contributed by atoms with Crippen molar-refractivity contribution in [1.82, 2.24) is 4.90 Å². The van der Waals surface area contributed by atoms with E-state index in [-0.39, 0.29) is 12.5 Å². The first-order valence-corrected chi connectivity index (χ1v) is 6.28. The topological polar surface area (TPSA) is 66.8 Å². The summed E-state index contributed by atoms with van der Waals surface area (Å²) in [7, 11) is 0. The highest BCUT2D eigenvalue weighted by molar-refractivity contribution is 5.95. The molecule has 19 heavy (non-hydrogen) atoms. The summed E-state index contributed by atoms with van der Waals surface area (Å²) in [6, 6.07) is 9.24. The molecule has 1 fully saturated rings. The van der Waals surface area contributed by atoms with Crippen molar-refractivity contribution in [3.05, 3.63) is 35.9 Å². The zero-order valence-electron chi connectivity index (χ0n) is 10.8. The molecular formula is C14H17NO4. The lowest BCUT2D eigenvalue weighted by atomic mass is 9.98. The maximum Gasteiger partial charge on any atom is 0.416 e. The Hall–Kier alpha value is -1.88. The molecule has 0 radical (unpaired) electrons. The Bertz CT molecular complexity index is 460. The highest BCUT2D eigenvalue weighted by Gasteiger charge is 2.35. The fourth-order valence-corrected chi connectivity index (χ4v) is 2.10. The van der Waals surface area contributed by atoms with Gasteiger partial charge in [-0.05, 0) is 17.9 Å². The van der Waals surface area contributed by atoms with Crippen LogP contribution in [0.15, 0.2) is 30.3 Å². The molecule has 102 valence electrons. The summed E-state index contributed by atoms with van der Waals surface area (Å²) in [5, 5.41) is 9.55. The maximum absolute atomic E-state index is 11.8. The Morgan fingerprint density at radius 2 is 2.11 bits per heavy atom. The van der Waals surface area contributed by atoms with Crippen LogP contribution in [0.2, 0.25) is 0 Å². The van der Waals surface area contributed by atoms with Crippen molar-refractivity contribution >= 4 is 12.0 Å². The highest BCUT2D eigenvalue weighted by Crippen LogP contribution is 2.18. The first kappa shape index (κ1) is 13.5. The predicted molar refractivity (Wildman–Crippen MR) is 68.1 cm³/mol. The molecule has 0 spiro atoms. The molecule has 1 saturated heterocycles. The number of benzene rings is 1. The summed E-state index contributed by atoms with van der Waals surface area (Å²) in [6.45, 7) is 2.30. The van der Waals surface area contributed by atoms with Crippen molar-refractivity contribution in [2.75, 3.05) is 6.54 Å². The van der Waals surface area contributed by atoms with Crippen molar-refractivity contribution in [3.8, 4) is 0 Å². The monoisotopic (exact) mass is 263 g/mol. The van der Waals surface area contributed by atoms with Crippen LogP contribution < -0.4 is 0 Å². The normalized spacial score (nSPS) is 23.3. The molecule has 0 saturated carbocycles. The van der Waals surface area contributed by atoms with Crippen LogP contribution >= 0.6 is 0 Å². The van der Waals surface area contributed by atoms with Gasteiger partial charge in [-0.2, -0.15) is 0 Å². The standard InChI is InChI=1S/C14H17NO4/c1-10-7-12(16)13(17)15(8-10)14(18)19-9-11-5-3-2-4-6-11/h2-6,10,12,16H,7-9H2,1H3/t10-,12-/m1/s1. The Kier molecular flexibility index (Phi) is 4.16. The molecule has 0 aromatic heterocycles. The second kappa shape index (κ2) is 5.84. The Labute approximate surface area is 111 Å². The molecule has 1 aliphatic rings. The fraction of sp³-hybridized carbons (Fsp3) is 0.429. The van der Waals surface area contributed by atoms with Gasteiger partial charge in [-0.1, -0.05) is 37.3 Å². The SMILES string of the molecule is C[C@@H]1C[C@@H](O)C(=O)N(C(=O)OCc2ccccc2)C1. The van der Waals surface area contributed by atoms with E-state index in [0.717, 1.165) is 10.5 Å². The first-order chi connectivity index (χ1) is 9.08. The van der Waals surface area contributed by atoms with E-state index >= 15 is 0 Å². The lowest BCUT2D eigenvalue weighted by Crippen LogP contribution is -2.50. The van der Waals surface area contributed by atoms with E-state index in [2.05, 4.69) is 0 Å². The minimum atomic E-state index is -1.10. The third-order valence-corrected chi connectivity index (χ3v) is 3.10. The molecule has 5 nitrogen and oxygen atoms in total. The molecule has 0 aliphatic carbocycles. The van der Waals surface area contributed by atoms with Crippen LogP contribution in [0.3, 0.4) is 0 Å². The van der Waals surface area contributed by atoms with Gasteiger partial charge in [0.05, 0.1) is 0 Å². The number of nitrogens with zero attached hydrogens (tertiary/aromatic N) is 1. The van der Waals surface area contributed by atoms with Crippen molar-refractivity contribution in [1.29, 1.82) is 0 Å². The third-order valence-electron chi connectivity index (χ3n) is 3.10. The summed E-state index contributed by atoms with van der Waals surface area (Å²) in [4.78, 5) is 24.5. The van der Waals surface area contributed by atoms with E-state index in [4.69, 9.17) is 4.74 Å². The number of likely N-dealkylation sites (tertiary alicyclic amines) is 1. The number of hydrogen-bond donors (Lipinski definition) is 1. The van der Waals surface area contributed by atoms with Crippen LogP contribution in [0.1, 0.15) is 18.9 Å². The minimum Gasteiger partial charge on any atom is -0.444 e. The van der Waals surface area contributed by atoms with Crippen molar-refractivity contribution in [3.63, 3.8) is 0 Å². The number of aliphatic hydroxyl groups is 1. The van der Waals surface area contributed by atoms with E-state index in [0.29, 0.717) is 13.0 Å². The van der Waals surface area contributed by atoms with Gasteiger partial charge in [0.2, 0.25) is 0 Å². The zero-order valence-corrected chi connectivity index (χ0v) is 10.8. The van der Waals surface area contributed by atoms with E-state index in [9.17, 15) is 14.7 Å². The molecule has 5 heteroatoms. The largest absolute Gasteiger partial charge is 0.444 e. The van der Waals surface area contributed by atoms with Gasteiger partial charge in [0.15, 0.2) is 0 Å². The number of rotatable bonds is 2. The second-order valence-corrected chi connectivity index (χ2v) is 4.85. The van der Waals surface area contributed by atoms with Gasteiger partial charge in [0.1, 0.15) is 12.7 Å². The van der Waals surface area contributed by atoms with Gasteiger partial charge in [0.25, 0.3) is 5.91 Å². The van der Waals surface area contributed by atoms with Crippen LogP contribution in [-0.2, 0) is 16.1 Å².